The molecule has 1 aromatic carbocycles. The highest BCUT2D eigenvalue weighted by molar-refractivity contribution is 9.10. The summed E-state index contributed by atoms with van der Waals surface area (Å²) < 4.78 is 17.2. The van der Waals surface area contributed by atoms with Gasteiger partial charge in [0, 0.05) is 33.9 Å². The van der Waals surface area contributed by atoms with Crippen molar-refractivity contribution in [1.29, 1.82) is 0 Å². The molecule has 4 nitrogen and oxygen atoms in total. The summed E-state index contributed by atoms with van der Waals surface area (Å²) in [5, 5.41) is 2.11. The Morgan fingerprint density at radius 1 is 1.19 bits per heavy atom. The molecule has 1 fully saturated rings. The van der Waals surface area contributed by atoms with Gasteiger partial charge in [-0.1, -0.05) is 15.9 Å². The van der Waals surface area contributed by atoms with Gasteiger partial charge in [0.25, 0.3) is 5.91 Å². The van der Waals surface area contributed by atoms with Gasteiger partial charge in [-0.25, -0.2) is 9.37 Å². The van der Waals surface area contributed by atoms with Crippen molar-refractivity contribution in [2.45, 2.75) is 38.1 Å². The van der Waals surface area contributed by atoms with Gasteiger partial charge in [0.1, 0.15) is 11.5 Å². The fourth-order valence-electron chi connectivity index (χ4n) is 4.72. The van der Waals surface area contributed by atoms with Crippen LogP contribution in [0.25, 0.3) is 16.9 Å². The number of benzene rings is 1. The molecule has 0 N–H and O–H groups in total. The van der Waals surface area contributed by atoms with E-state index in [1.165, 1.54) is 16.5 Å². The number of carbonyl (C=O) groups excluding carboxylic acids is 1. The number of carbonyl (C=O) groups is 1. The lowest BCUT2D eigenvalue weighted by Gasteiger charge is -2.33. The van der Waals surface area contributed by atoms with Gasteiger partial charge in [0.15, 0.2) is 0 Å². The van der Waals surface area contributed by atoms with Gasteiger partial charge in [0.05, 0.1) is 17.3 Å². The number of thiophene rings is 1. The normalized spacial score (nSPS) is 18.2. The van der Waals surface area contributed by atoms with Crippen molar-refractivity contribution in [2.24, 2.45) is 0 Å². The topological polar surface area (TPSA) is 37.6 Å². The fourth-order valence-corrected chi connectivity index (χ4v) is 6.01. The van der Waals surface area contributed by atoms with Crippen LogP contribution in [0.15, 0.2) is 52.6 Å². The molecular formula is C25H21BrFN3OS. The molecule has 0 radical (unpaired) electrons. The Balaban J connectivity index is 1.42. The average Bonchev–Trinajstić information content (AvgIpc) is 3.34. The van der Waals surface area contributed by atoms with Crippen molar-refractivity contribution >= 4 is 38.8 Å². The van der Waals surface area contributed by atoms with Crippen molar-refractivity contribution in [3.63, 3.8) is 0 Å². The summed E-state index contributed by atoms with van der Waals surface area (Å²) in [7, 11) is 0. The summed E-state index contributed by atoms with van der Waals surface area (Å²) in [4.78, 5) is 21.7. The summed E-state index contributed by atoms with van der Waals surface area (Å²) >= 11 is 5.08. The molecule has 6 rings (SSSR count). The van der Waals surface area contributed by atoms with E-state index in [0.29, 0.717) is 27.2 Å². The first-order valence-corrected chi connectivity index (χ1v) is 12.5. The zero-order valence-corrected chi connectivity index (χ0v) is 19.9. The second-order valence-electron chi connectivity index (χ2n) is 8.66. The zero-order valence-electron chi connectivity index (χ0n) is 17.5. The lowest BCUT2D eigenvalue weighted by molar-refractivity contribution is 0.0678. The Bertz CT molecular complexity index is 1370. The number of halogens is 2. The van der Waals surface area contributed by atoms with Crippen LogP contribution >= 0.6 is 27.3 Å². The first-order valence-electron chi connectivity index (χ1n) is 10.8. The van der Waals surface area contributed by atoms with Gasteiger partial charge in [-0.3, -0.25) is 4.79 Å². The highest BCUT2D eigenvalue weighted by Crippen LogP contribution is 2.43. The number of pyridine rings is 1. The third-order valence-electron chi connectivity index (χ3n) is 6.59. The molecule has 162 valence electrons. The van der Waals surface area contributed by atoms with Crippen LogP contribution in [-0.2, 0) is 6.42 Å². The molecule has 32 heavy (non-hydrogen) atoms. The van der Waals surface area contributed by atoms with Crippen LogP contribution in [0.1, 0.15) is 58.1 Å². The van der Waals surface area contributed by atoms with Gasteiger partial charge in [-0.05, 0) is 78.9 Å². The molecule has 0 bridgehead atoms. The van der Waals surface area contributed by atoms with Crippen LogP contribution in [0.4, 0.5) is 4.39 Å². The standard InChI is InChI=1S/C25H21BrFN3OS/c1-14-18-7-9-32-23(18)6-8-30(14)25(31)16-10-20(15-2-3-15)24-28-22(13-29(24)12-16)19-5-4-17(26)11-21(19)27/h4-5,7,9-15H,2-3,6,8H2,1H3. The van der Waals surface area contributed by atoms with Crippen molar-refractivity contribution in [2.75, 3.05) is 6.54 Å². The minimum atomic E-state index is -0.319. The zero-order chi connectivity index (χ0) is 22.0. The number of hydrogen-bond acceptors (Lipinski definition) is 3. The maximum atomic E-state index is 14.6. The van der Waals surface area contributed by atoms with Crippen LogP contribution in [-0.4, -0.2) is 26.7 Å². The smallest absolute Gasteiger partial charge is 0.255 e. The minimum Gasteiger partial charge on any atom is -0.331 e. The van der Waals surface area contributed by atoms with E-state index in [4.69, 9.17) is 4.98 Å². The lowest BCUT2D eigenvalue weighted by atomic mass is 10.00. The van der Waals surface area contributed by atoms with E-state index in [1.54, 1.807) is 17.4 Å². The molecule has 7 heteroatoms. The van der Waals surface area contributed by atoms with Gasteiger partial charge < -0.3 is 9.30 Å². The lowest BCUT2D eigenvalue weighted by Crippen LogP contribution is -2.38. The predicted molar refractivity (Wildman–Crippen MR) is 128 cm³/mol. The van der Waals surface area contributed by atoms with E-state index < -0.39 is 0 Å². The quantitative estimate of drug-likeness (QED) is 0.312. The van der Waals surface area contributed by atoms with Crippen molar-refractivity contribution in [1.82, 2.24) is 14.3 Å². The first-order chi connectivity index (χ1) is 15.5. The second kappa shape index (κ2) is 7.52. The molecule has 2 aliphatic rings. The molecule has 0 spiro atoms. The van der Waals surface area contributed by atoms with Crippen LogP contribution < -0.4 is 0 Å². The number of aromatic nitrogens is 2. The number of nitrogens with zero attached hydrogens (tertiary/aromatic N) is 3. The summed E-state index contributed by atoms with van der Waals surface area (Å²) in [6, 6.07) is 9.21. The second-order valence-corrected chi connectivity index (χ2v) is 10.6. The van der Waals surface area contributed by atoms with Crippen LogP contribution in [0, 0.1) is 5.82 Å². The van der Waals surface area contributed by atoms with Crippen molar-refractivity contribution in [3.8, 4) is 11.3 Å². The molecule has 1 saturated carbocycles. The third-order valence-corrected chi connectivity index (χ3v) is 8.08. The Kier molecular flexibility index (Phi) is 4.73. The van der Waals surface area contributed by atoms with E-state index >= 15 is 0 Å². The SMILES string of the molecule is CC1c2ccsc2CCN1C(=O)c1cc(C2CC2)c2nc(-c3ccc(Br)cc3F)cn2c1. The summed E-state index contributed by atoms with van der Waals surface area (Å²) in [6.07, 6.45) is 6.79. The molecular weight excluding hydrogens is 489 g/mol. The molecule has 4 heterocycles. The Morgan fingerprint density at radius 3 is 2.81 bits per heavy atom. The molecule has 4 aromatic rings. The summed E-state index contributed by atoms with van der Waals surface area (Å²) in [5.41, 5.74) is 4.87. The molecule has 3 aromatic heterocycles. The minimum absolute atomic E-state index is 0.0447. The van der Waals surface area contributed by atoms with Gasteiger partial charge in [-0.15, -0.1) is 11.3 Å². The Labute approximate surface area is 197 Å². The van der Waals surface area contributed by atoms with Crippen LogP contribution in [0.3, 0.4) is 0 Å². The van der Waals surface area contributed by atoms with Gasteiger partial charge in [0.2, 0.25) is 0 Å². The average molecular weight is 510 g/mol. The number of imidazole rings is 1. The highest BCUT2D eigenvalue weighted by atomic mass is 79.9. The predicted octanol–water partition coefficient (Wildman–Crippen LogP) is 6.60. The van der Waals surface area contributed by atoms with Crippen LogP contribution in [0.5, 0.6) is 0 Å². The number of amides is 1. The molecule has 1 amide bonds. The summed E-state index contributed by atoms with van der Waals surface area (Å²) in [6.45, 7) is 2.83. The van der Waals surface area contributed by atoms with Crippen molar-refractivity contribution in [3.05, 3.63) is 80.0 Å². The maximum Gasteiger partial charge on any atom is 0.255 e. The van der Waals surface area contributed by atoms with E-state index in [2.05, 4.69) is 34.3 Å². The van der Waals surface area contributed by atoms with Crippen LogP contribution in [0.2, 0.25) is 0 Å². The third kappa shape index (κ3) is 3.30. The van der Waals surface area contributed by atoms with E-state index in [1.807, 2.05) is 33.8 Å². The van der Waals surface area contributed by atoms with E-state index in [-0.39, 0.29) is 17.8 Å². The van der Waals surface area contributed by atoms with E-state index in [9.17, 15) is 9.18 Å². The fraction of sp³-hybridized carbons (Fsp3) is 0.280. The van der Waals surface area contributed by atoms with Gasteiger partial charge in [-0.2, -0.15) is 0 Å². The highest BCUT2D eigenvalue weighted by Gasteiger charge is 2.32. The number of rotatable bonds is 3. The number of fused-ring (bicyclic) bond motifs is 2. The molecule has 0 saturated heterocycles. The Morgan fingerprint density at radius 2 is 2.03 bits per heavy atom. The summed E-state index contributed by atoms with van der Waals surface area (Å²) in [5.74, 6) is 0.140. The molecule has 1 aliphatic carbocycles. The molecule has 1 unspecified atom stereocenters. The molecule has 1 atom stereocenters. The van der Waals surface area contributed by atoms with Crippen molar-refractivity contribution < 1.29 is 9.18 Å². The monoisotopic (exact) mass is 509 g/mol. The Hall–Kier alpha value is -2.51. The maximum absolute atomic E-state index is 14.6. The van der Waals surface area contributed by atoms with E-state index in [0.717, 1.165) is 37.0 Å². The largest absolute Gasteiger partial charge is 0.331 e. The first kappa shape index (κ1) is 20.1. The number of hydrogen-bond donors (Lipinski definition) is 0. The molecule has 1 aliphatic heterocycles. The van der Waals surface area contributed by atoms with Gasteiger partial charge >= 0.3 is 0 Å².